The minimum absolute atomic E-state index is 0.0625. The van der Waals surface area contributed by atoms with Crippen molar-refractivity contribution in [2.45, 2.75) is 13.3 Å². The van der Waals surface area contributed by atoms with Gasteiger partial charge in [0.2, 0.25) is 5.88 Å². The molecule has 4 rings (SSSR count). The largest absolute Gasteiger partial charge is 0.497 e. The van der Waals surface area contributed by atoms with Crippen LogP contribution in [-0.2, 0) is 20.7 Å². The van der Waals surface area contributed by atoms with E-state index in [2.05, 4.69) is 11.4 Å². The number of hydrogen-bond donors (Lipinski definition) is 1. The molecule has 0 aliphatic carbocycles. The second-order valence-electron chi connectivity index (χ2n) is 8.57. The van der Waals surface area contributed by atoms with Crippen LogP contribution in [0.1, 0.15) is 18.1 Å². The number of carbonyl (C=O) groups is 2. The van der Waals surface area contributed by atoms with Gasteiger partial charge in [-0.05, 0) is 66.1 Å². The van der Waals surface area contributed by atoms with Gasteiger partial charge in [-0.1, -0.05) is 31.2 Å². The van der Waals surface area contributed by atoms with E-state index in [4.69, 9.17) is 23.4 Å². The molecule has 204 valence electrons. The summed E-state index contributed by atoms with van der Waals surface area (Å²) in [4.78, 5) is 24.8. The summed E-state index contributed by atoms with van der Waals surface area (Å²) in [5, 5.41) is 12.6. The van der Waals surface area contributed by atoms with E-state index in [-0.39, 0.29) is 18.1 Å². The standard InChI is InChI=1S/C31H28N2O7/c1-4-20-5-11-25(12-6-20)38-19-28(35)39-18-27(34)33-31-26(17-32)29(21-7-13-23(36-2)14-8-21)30(40-31)22-9-15-24(37-3)16-10-22/h5-16H,4,18-19H2,1-3H3,(H,33,34). The van der Waals surface area contributed by atoms with Crippen molar-refractivity contribution in [2.75, 3.05) is 32.8 Å². The maximum absolute atomic E-state index is 12.7. The van der Waals surface area contributed by atoms with Gasteiger partial charge in [-0.3, -0.25) is 10.1 Å². The second kappa shape index (κ2) is 13.0. The number of nitrogens with zero attached hydrogens (tertiary/aromatic N) is 1. The van der Waals surface area contributed by atoms with E-state index >= 15 is 0 Å². The van der Waals surface area contributed by atoms with Crippen molar-refractivity contribution in [3.63, 3.8) is 0 Å². The molecule has 0 saturated carbocycles. The van der Waals surface area contributed by atoms with Crippen LogP contribution in [0.4, 0.5) is 5.88 Å². The van der Waals surface area contributed by atoms with Crippen molar-refractivity contribution in [3.05, 3.63) is 83.9 Å². The summed E-state index contributed by atoms with van der Waals surface area (Å²) in [6.07, 6.45) is 0.893. The molecular formula is C31H28N2O7. The Morgan fingerprint density at radius 2 is 1.40 bits per heavy atom. The summed E-state index contributed by atoms with van der Waals surface area (Å²) >= 11 is 0. The fourth-order valence-electron chi connectivity index (χ4n) is 3.92. The zero-order valence-corrected chi connectivity index (χ0v) is 22.4. The van der Waals surface area contributed by atoms with Crippen LogP contribution in [0, 0.1) is 11.3 Å². The van der Waals surface area contributed by atoms with Gasteiger partial charge in [0.15, 0.2) is 13.2 Å². The fraction of sp³-hybridized carbons (Fsp3) is 0.194. The molecular weight excluding hydrogens is 512 g/mol. The molecule has 1 N–H and O–H groups in total. The van der Waals surface area contributed by atoms with E-state index in [1.54, 1.807) is 74.9 Å². The van der Waals surface area contributed by atoms with E-state index in [0.717, 1.165) is 12.0 Å². The third kappa shape index (κ3) is 6.60. The van der Waals surface area contributed by atoms with Crippen molar-refractivity contribution in [3.8, 4) is 45.8 Å². The van der Waals surface area contributed by atoms with Crippen LogP contribution >= 0.6 is 0 Å². The van der Waals surface area contributed by atoms with Gasteiger partial charge in [-0.15, -0.1) is 0 Å². The maximum atomic E-state index is 12.7. The number of ether oxygens (including phenoxy) is 4. The van der Waals surface area contributed by atoms with Crippen LogP contribution in [0.15, 0.2) is 77.2 Å². The highest BCUT2D eigenvalue weighted by Gasteiger charge is 2.25. The van der Waals surface area contributed by atoms with Gasteiger partial charge in [0, 0.05) is 11.1 Å². The molecule has 40 heavy (non-hydrogen) atoms. The Labute approximate surface area is 231 Å². The molecule has 9 heteroatoms. The Morgan fingerprint density at radius 3 is 1.95 bits per heavy atom. The first-order chi connectivity index (χ1) is 19.4. The smallest absolute Gasteiger partial charge is 0.344 e. The zero-order valence-electron chi connectivity index (χ0n) is 22.4. The molecule has 0 saturated heterocycles. The highest BCUT2D eigenvalue weighted by Crippen LogP contribution is 2.42. The van der Waals surface area contributed by atoms with Gasteiger partial charge < -0.3 is 23.4 Å². The minimum atomic E-state index is -0.715. The predicted molar refractivity (Wildman–Crippen MR) is 148 cm³/mol. The summed E-state index contributed by atoms with van der Waals surface area (Å²) in [6.45, 7) is 1.10. The lowest BCUT2D eigenvalue weighted by Crippen LogP contribution is -2.23. The quantitative estimate of drug-likeness (QED) is 0.243. The number of hydrogen-bond acceptors (Lipinski definition) is 8. The van der Waals surface area contributed by atoms with Crippen LogP contribution in [0.25, 0.3) is 22.5 Å². The average Bonchev–Trinajstić information content (AvgIpc) is 3.37. The number of nitrogens with one attached hydrogen (secondary N) is 1. The second-order valence-corrected chi connectivity index (χ2v) is 8.57. The van der Waals surface area contributed by atoms with Gasteiger partial charge in [0.1, 0.15) is 34.6 Å². The minimum Gasteiger partial charge on any atom is -0.497 e. The maximum Gasteiger partial charge on any atom is 0.344 e. The van der Waals surface area contributed by atoms with Crippen molar-refractivity contribution in [2.24, 2.45) is 0 Å². The van der Waals surface area contributed by atoms with Gasteiger partial charge >= 0.3 is 5.97 Å². The first-order valence-electron chi connectivity index (χ1n) is 12.5. The lowest BCUT2D eigenvalue weighted by Gasteiger charge is -2.07. The summed E-state index contributed by atoms with van der Waals surface area (Å²) in [7, 11) is 3.13. The van der Waals surface area contributed by atoms with Crippen LogP contribution < -0.4 is 19.5 Å². The molecule has 1 aromatic heterocycles. The first kappa shape index (κ1) is 27.8. The molecule has 0 aliphatic rings. The molecule has 1 amide bonds. The molecule has 0 radical (unpaired) electrons. The van der Waals surface area contributed by atoms with E-state index in [1.807, 2.05) is 19.1 Å². The number of furan rings is 1. The van der Waals surface area contributed by atoms with E-state index in [1.165, 1.54) is 0 Å². The average molecular weight is 541 g/mol. The Kier molecular flexibility index (Phi) is 9.05. The van der Waals surface area contributed by atoms with Gasteiger partial charge in [-0.2, -0.15) is 5.26 Å². The highest BCUT2D eigenvalue weighted by molar-refractivity contribution is 5.96. The van der Waals surface area contributed by atoms with Crippen LogP contribution in [0.2, 0.25) is 0 Å². The number of anilines is 1. The molecule has 0 atom stereocenters. The van der Waals surface area contributed by atoms with E-state index < -0.39 is 18.5 Å². The lowest BCUT2D eigenvalue weighted by molar-refractivity contribution is -0.149. The third-order valence-corrected chi connectivity index (χ3v) is 6.06. The number of amides is 1. The van der Waals surface area contributed by atoms with Crippen LogP contribution in [0.3, 0.4) is 0 Å². The predicted octanol–water partition coefficient (Wildman–Crippen LogP) is 5.63. The number of esters is 1. The van der Waals surface area contributed by atoms with Gasteiger partial charge in [0.05, 0.1) is 14.2 Å². The molecule has 9 nitrogen and oxygen atoms in total. The normalized spacial score (nSPS) is 10.3. The number of carbonyl (C=O) groups excluding carboxylic acids is 2. The molecule has 1 heterocycles. The summed E-state index contributed by atoms with van der Waals surface area (Å²) in [6, 6.07) is 23.7. The topological polar surface area (TPSA) is 120 Å². The Hall–Kier alpha value is -5.23. The monoisotopic (exact) mass is 540 g/mol. The van der Waals surface area contributed by atoms with Crippen LogP contribution in [0.5, 0.6) is 17.2 Å². The molecule has 4 aromatic rings. The van der Waals surface area contributed by atoms with Crippen molar-refractivity contribution in [1.82, 2.24) is 0 Å². The number of methoxy groups -OCH3 is 2. The van der Waals surface area contributed by atoms with E-state index in [9.17, 15) is 14.9 Å². The first-order valence-corrected chi connectivity index (χ1v) is 12.5. The number of aryl methyl sites for hydroxylation is 1. The van der Waals surface area contributed by atoms with E-state index in [0.29, 0.717) is 39.7 Å². The summed E-state index contributed by atoms with van der Waals surface area (Å²) in [5.41, 5.74) is 3.10. The number of rotatable bonds is 11. The summed E-state index contributed by atoms with van der Waals surface area (Å²) < 4.78 is 27.0. The van der Waals surface area contributed by atoms with Gasteiger partial charge in [0.25, 0.3) is 5.91 Å². The van der Waals surface area contributed by atoms with Crippen molar-refractivity contribution < 1.29 is 33.0 Å². The van der Waals surface area contributed by atoms with Crippen LogP contribution in [-0.4, -0.2) is 39.3 Å². The molecule has 3 aromatic carbocycles. The van der Waals surface area contributed by atoms with Gasteiger partial charge in [-0.25, -0.2) is 4.79 Å². The third-order valence-electron chi connectivity index (χ3n) is 6.06. The Bertz CT molecular complexity index is 1500. The van der Waals surface area contributed by atoms with Crippen molar-refractivity contribution >= 4 is 17.8 Å². The number of nitriles is 1. The fourth-order valence-corrected chi connectivity index (χ4v) is 3.92. The molecule has 0 bridgehead atoms. The molecule has 0 spiro atoms. The summed E-state index contributed by atoms with van der Waals surface area (Å²) in [5.74, 6) is 0.741. The Balaban J connectivity index is 1.50. The lowest BCUT2D eigenvalue weighted by atomic mass is 9.98. The number of benzene rings is 3. The Morgan fingerprint density at radius 1 is 0.825 bits per heavy atom. The molecule has 0 fully saturated rings. The molecule has 0 aliphatic heterocycles. The molecule has 0 unspecified atom stereocenters. The van der Waals surface area contributed by atoms with Crippen molar-refractivity contribution in [1.29, 1.82) is 5.26 Å². The highest BCUT2D eigenvalue weighted by atomic mass is 16.6. The SMILES string of the molecule is CCc1ccc(OCC(=O)OCC(=O)Nc2oc(-c3ccc(OC)cc3)c(-c3ccc(OC)cc3)c2C#N)cc1. The zero-order chi connectivity index (χ0) is 28.5.